The zero-order chi connectivity index (χ0) is 13.3. The Labute approximate surface area is 108 Å². The Kier molecular flexibility index (Phi) is 8.88. The Bertz CT molecular complexity index is 282. The normalized spacial score (nSPS) is 18.1. The van der Waals surface area contributed by atoms with Crippen LogP contribution in [0.3, 0.4) is 0 Å². The van der Waals surface area contributed by atoms with Crippen molar-refractivity contribution >= 4 is 9.73 Å². The van der Waals surface area contributed by atoms with Crippen molar-refractivity contribution < 1.29 is 4.21 Å². The van der Waals surface area contributed by atoms with E-state index in [1.165, 1.54) is 0 Å². The second-order valence-corrected chi connectivity index (χ2v) is 7.29. The minimum Gasteiger partial charge on any atom is -0.304 e. The summed E-state index contributed by atoms with van der Waals surface area (Å²) >= 11 is 0. The van der Waals surface area contributed by atoms with Crippen LogP contribution in [0.25, 0.3) is 0 Å². The lowest BCUT2D eigenvalue weighted by atomic mass is 10.3. The largest absolute Gasteiger partial charge is 0.304 e. The van der Waals surface area contributed by atoms with Gasteiger partial charge in [-0.3, -0.25) is 0 Å². The van der Waals surface area contributed by atoms with Crippen LogP contribution in [-0.2, 0) is 9.73 Å². The Morgan fingerprint density at radius 2 is 1.76 bits per heavy atom. The lowest BCUT2D eigenvalue weighted by molar-refractivity contribution is 0.272. The summed E-state index contributed by atoms with van der Waals surface area (Å²) < 4.78 is 16.4. The van der Waals surface area contributed by atoms with Gasteiger partial charge in [-0.05, 0) is 46.7 Å². The Morgan fingerprint density at radius 1 is 1.24 bits per heavy atom. The van der Waals surface area contributed by atoms with Crippen molar-refractivity contribution in [3.05, 3.63) is 0 Å². The van der Waals surface area contributed by atoms with Crippen molar-refractivity contribution in [1.29, 1.82) is 0 Å². The van der Waals surface area contributed by atoms with Crippen LogP contribution in [0.4, 0.5) is 0 Å². The average molecular weight is 262 g/mol. The van der Waals surface area contributed by atoms with Crippen LogP contribution in [0, 0.1) is 0 Å². The van der Waals surface area contributed by atoms with E-state index in [9.17, 15) is 4.21 Å². The SMILES string of the molecule is CC.CC(C)N(C)CCCN=S1(=O)CCCC1. The zero-order valence-corrected chi connectivity index (χ0v) is 13.1. The molecule has 0 aliphatic carbocycles. The topological polar surface area (TPSA) is 32.7 Å². The van der Waals surface area contributed by atoms with Gasteiger partial charge in [0.05, 0.1) is 0 Å². The van der Waals surface area contributed by atoms with E-state index in [-0.39, 0.29) is 0 Å². The third-order valence-electron chi connectivity index (χ3n) is 3.05. The third-order valence-corrected chi connectivity index (χ3v) is 5.56. The summed E-state index contributed by atoms with van der Waals surface area (Å²) in [5.74, 6) is 1.68. The predicted molar refractivity (Wildman–Crippen MR) is 78.1 cm³/mol. The van der Waals surface area contributed by atoms with Crippen molar-refractivity contribution in [3.63, 3.8) is 0 Å². The maximum atomic E-state index is 12.0. The highest BCUT2D eigenvalue weighted by Gasteiger charge is 2.15. The molecule has 0 unspecified atom stereocenters. The first-order chi connectivity index (χ1) is 8.03. The van der Waals surface area contributed by atoms with E-state index in [0.29, 0.717) is 6.04 Å². The number of nitrogens with zero attached hydrogens (tertiary/aromatic N) is 2. The molecule has 1 fully saturated rings. The standard InChI is InChI=1S/C11H24N2OS.C2H6/c1-11(2)13(3)8-6-7-12-15(14)9-4-5-10-15;1-2/h11H,4-10H2,1-3H3;1-2H3. The molecule has 104 valence electrons. The van der Waals surface area contributed by atoms with E-state index >= 15 is 0 Å². The summed E-state index contributed by atoms with van der Waals surface area (Å²) in [6.07, 6.45) is 3.24. The molecule has 0 N–H and O–H groups in total. The maximum Gasteiger partial charge on any atom is 0.0496 e. The van der Waals surface area contributed by atoms with Crippen LogP contribution in [0.2, 0.25) is 0 Å². The molecule has 0 saturated carbocycles. The summed E-state index contributed by atoms with van der Waals surface area (Å²) in [6, 6.07) is 0.588. The van der Waals surface area contributed by atoms with E-state index in [0.717, 1.165) is 43.9 Å². The predicted octanol–water partition coefficient (Wildman–Crippen LogP) is 3.00. The monoisotopic (exact) mass is 262 g/mol. The van der Waals surface area contributed by atoms with Gasteiger partial charge in [-0.15, -0.1) is 0 Å². The van der Waals surface area contributed by atoms with E-state index in [1.54, 1.807) is 0 Å². The van der Waals surface area contributed by atoms with Crippen molar-refractivity contribution in [2.45, 2.75) is 53.0 Å². The van der Waals surface area contributed by atoms with Gasteiger partial charge in [-0.2, -0.15) is 0 Å². The molecule has 1 heterocycles. The highest BCUT2D eigenvalue weighted by Crippen LogP contribution is 2.13. The third kappa shape index (κ3) is 7.04. The molecule has 0 spiro atoms. The maximum absolute atomic E-state index is 12.0. The first-order valence-corrected chi connectivity index (χ1v) is 8.77. The summed E-state index contributed by atoms with van der Waals surface area (Å²) in [4.78, 5) is 2.30. The van der Waals surface area contributed by atoms with Crippen LogP contribution in [0.1, 0.15) is 47.0 Å². The molecule has 3 nitrogen and oxygen atoms in total. The number of hydrogen-bond acceptors (Lipinski definition) is 3. The molecule has 0 amide bonds. The molecule has 17 heavy (non-hydrogen) atoms. The van der Waals surface area contributed by atoms with Crippen LogP contribution in [0.5, 0.6) is 0 Å². The summed E-state index contributed by atoms with van der Waals surface area (Å²) in [7, 11) is 0.360. The molecule has 0 aromatic heterocycles. The lowest BCUT2D eigenvalue weighted by Gasteiger charge is -2.20. The molecule has 0 aromatic rings. The van der Waals surface area contributed by atoms with Gasteiger partial charge in [0.25, 0.3) is 0 Å². The molecular formula is C13H30N2OS. The van der Waals surface area contributed by atoms with Crippen LogP contribution < -0.4 is 0 Å². The minimum atomic E-state index is -1.77. The van der Waals surface area contributed by atoms with E-state index in [4.69, 9.17) is 0 Å². The number of rotatable bonds is 5. The van der Waals surface area contributed by atoms with Gasteiger partial charge in [0.1, 0.15) is 0 Å². The van der Waals surface area contributed by atoms with Gasteiger partial charge in [0.2, 0.25) is 0 Å². The van der Waals surface area contributed by atoms with Crippen LogP contribution in [-0.4, -0.2) is 46.8 Å². The molecule has 0 radical (unpaired) electrons. The van der Waals surface area contributed by atoms with E-state index in [1.807, 2.05) is 13.8 Å². The van der Waals surface area contributed by atoms with E-state index < -0.39 is 9.73 Å². The number of hydrogen-bond donors (Lipinski definition) is 0. The van der Waals surface area contributed by atoms with Gasteiger partial charge in [-0.25, -0.2) is 8.57 Å². The Balaban J connectivity index is 0.00000121. The van der Waals surface area contributed by atoms with Crippen molar-refractivity contribution in [2.75, 3.05) is 31.6 Å². The second-order valence-electron chi connectivity index (χ2n) is 4.67. The van der Waals surface area contributed by atoms with Gasteiger partial charge in [0, 0.05) is 33.8 Å². The molecule has 1 aliphatic rings. The molecule has 1 aliphatic heterocycles. The van der Waals surface area contributed by atoms with Crippen LogP contribution in [0.15, 0.2) is 4.36 Å². The smallest absolute Gasteiger partial charge is 0.0496 e. The molecule has 1 rings (SSSR count). The van der Waals surface area contributed by atoms with Gasteiger partial charge in [0.15, 0.2) is 0 Å². The fourth-order valence-corrected chi connectivity index (χ4v) is 3.93. The van der Waals surface area contributed by atoms with Crippen LogP contribution >= 0.6 is 0 Å². The molecule has 1 saturated heterocycles. The van der Waals surface area contributed by atoms with Gasteiger partial charge in [-0.1, -0.05) is 13.8 Å². The van der Waals surface area contributed by atoms with E-state index in [2.05, 4.69) is 30.2 Å². The molecule has 0 atom stereocenters. The molecular weight excluding hydrogens is 232 g/mol. The first-order valence-electron chi connectivity index (χ1n) is 6.92. The highest BCUT2D eigenvalue weighted by molar-refractivity contribution is 7.93. The highest BCUT2D eigenvalue weighted by atomic mass is 32.2. The quantitative estimate of drug-likeness (QED) is 0.714. The fourth-order valence-electron chi connectivity index (χ4n) is 1.70. The lowest BCUT2D eigenvalue weighted by Crippen LogP contribution is -2.27. The summed E-state index contributed by atoms with van der Waals surface area (Å²) in [5.41, 5.74) is 0. The Hall–Kier alpha value is -0.0900. The molecule has 0 aromatic carbocycles. The van der Waals surface area contributed by atoms with Crippen molar-refractivity contribution in [2.24, 2.45) is 4.36 Å². The molecule has 4 heteroatoms. The first kappa shape index (κ1) is 16.9. The zero-order valence-electron chi connectivity index (χ0n) is 12.2. The van der Waals surface area contributed by atoms with Crippen molar-refractivity contribution in [3.8, 4) is 0 Å². The fraction of sp³-hybridized carbons (Fsp3) is 1.00. The van der Waals surface area contributed by atoms with Gasteiger partial charge >= 0.3 is 0 Å². The average Bonchev–Trinajstić information content (AvgIpc) is 2.74. The minimum absolute atomic E-state index is 0.588. The van der Waals surface area contributed by atoms with Crippen molar-refractivity contribution in [1.82, 2.24) is 4.90 Å². The second kappa shape index (κ2) is 8.92. The molecule has 0 bridgehead atoms. The Morgan fingerprint density at radius 3 is 2.24 bits per heavy atom. The summed E-state index contributed by atoms with van der Waals surface area (Å²) in [6.45, 7) is 10.2. The van der Waals surface area contributed by atoms with Gasteiger partial charge < -0.3 is 4.90 Å². The summed E-state index contributed by atoms with van der Waals surface area (Å²) in [5, 5.41) is 0.